The SMILES string of the molecule is COc1ccc(Nc2ccc(CNC(=O)[C@]3(CC(=O)c4cn[nH]c(=O)c4)CCOC3)nc2)c(C(F)(F)F)c1. The topological polar surface area (TPSA) is 135 Å². The molecular weight excluding hydrogens is 507 g/mol. The zero-order valence-electron chi connectivity index (χ0n) is 20.2. The number of ketones is 1. The second-order valence-electron chi connectivity index (χ2n) is 8.77. The first-order valence-electron chi connectivity index (χ1n) is 11.5. The average Bonchev–Trinajstić information content (AvgIpc) is 3.37. The third-order valence-corrected chi connectivity index (χ3v) is 6.14. The number of benzene rings is 1. The number of carbonyl (C=O) groups is 2. The lowest BCUT2D eigenvalue weighted by atomic mass is 9.80. The van der Waals surface area contributed by atoms with Gasteiger partial charge in [0.2, 0.25) is 5.91 Å². The van der Waals surface area contributed by atoms with Crippen molar-refractivity contribution in [2.24, 2.45) is 5.41 Å². The summed E-state index contributed by atoms with van der Waals surface area (Å²) in [7, 11) is 1.28. The van der Waals surface area contributed by atoms with E-state index in [0.29, 0.717) is 24.4 Å². The first-order chi connectivity index (χ1) is 18.1. The average molecular weight is 531 g/mol. The van der Waals surface area contributed by atoms with Gasteiger partial charge >= 0.3 is 6.18 Å². The minimum atomic E-state index is -4.59. The number of H-pyrrole nitrogens is 1. The molecule has 0 unspecified atom stereocenters. The Hall–Kier alpha value is -4.26. The van der Waals surface area contributed by atoms with Crippen LogP contribution in [0.2, 0.25) is 0 Å². The first-order valence-corrected chi connectivity index (χ1v) is 11.5. The number of rotatable bonds is 9. The van der Waals surface area contributed by atoms with Crippen LogP contribution >= 0.6 is 0 Å². The van der Waals surface area contributed by atoms with Crippen LogP contribution in [0.15, 0.2) is 53.6 Å². The number of aromatic amines is 1. The van der Waals surface area contributed by atoms with E-state index < -0.39 is 34.4 Å². The number of amides is 1. The van der Waals surface area contributed by atoms with Crippen molar-refractivity contribution >= 4 is 23.1 Å². The molecular formula is C25H24F3N5O5. The minimum Gasteiger partial charge on any atom is -0.497 e. The first kappa shape index (κ1) is 26.8. The number of pyridine rings is 1. The van der Waals surface area contributed by atoms with Gasteiger partial charge in [0.05, 0.1) is 60.7 Å². The summed E-state index contributed by atoms with van der Waals surface area (Å²) in [6.07, 6.45) is -1.86. The quantitative estimate of drug-likeness (QED) is 0.358. The summed E-state index contributed by atoms with van der Waals surface area (Å²) < 4.78 is 50.7. The molecule has 0 aliphatic carbocycles. The number of halogens is 3. The Labute approximate surface area is 214 Å². The van der Waals surface area contributed by atoms with Crippen molar-refractivity contribution in [1.29, 1.82) is 0 Å². The van der Waals surface area contributed by atoms with E-state index in [-0.39, 0.29) is 36.6 Å². The molecule has 0 bridgehead atoms. The zero-order valence-corrected chi connectivity index (χ0v) is 20.2. The van der Waals surface area contributed by atoms with Gasteiger partial charge in [-0.2, -0.15) is 18.3 Å². The smallest absolute Gasteiger partial charge is 0.418 e. The van der Waals surface area contributed by atoms with Crippen molar-refractivity contribution in [3.8, 4) is 5.75 Å². The van der Waals surface area contributed by atoms with E-state index >= 15 is 0 Å². The van der Waals surface area contributed by atoms with Gasteiger partial charge in [0.25, 0.3) is 5.56 Å². The second kappa shape index (κ2) is 11.0. The van der Waals surface area contributed by atoms with E-state index in [1.807, 2.05) is 0 Å². The lowest BCUT2D eigenvalue weighted by Gasteiger charge is -2.25. The van der Waals surface area contributed by atoms with Gasteiger partial charge in [0, 0.05) is 24.7 Å². The highest BCUT2D eigenvalue weighted by Crippen LogP contribution is 2.38. The number of alkyl halides is 3. The number of carbonyl (C=O) groups excluding carboxylic acids is 2. The predicted octanol–water partition coefficient (Wildman–Crippen LogP) is 3.23. The van der Waals surface area contributed by atoms with Gasteiger partial charge in [-0.3, -0.25) is 19.4 Å². The van der Waals surface area contributed by atoms with Gasteiger partial charge in [0.1, 0.15) is 5.75 Å². The number of nitrogens with one attached hydrogen (secondary N) is 3. The maximum absolute atomic E-state index is 13.5. The Morgan fingerprint density at radius 1 is 1.18 bits per heavy atom. The number of hydrogen-bond donors (Lipinski definition) is 3. The van der Waals surface area contributed by atoms with Crippen LogP contribution in [0.5, 0.6) is 5.75 Å². The van der Waals surface area contributed by atoms with Crippen LogP contribution in [0.1, 0.15) is 34.5 Å². The van der Waals surface area contributed by atoms with Gasteiger partial charge in [-0.25, -0.2) is 5.10 Å². The number of Topliss-reactive ketones (excluding diaryl/α,β-unsaturated/α-hetero) is 1. The summed E-state index contributed by atoms with van der Waals surface area (Å²) >= 11 is 0. The molecule has 38 heavy (non-hydrogen) atoms. The van der Waals surface area contributed by atoms with E-state index in [1.54, 1.807) is 6.07 Å². The zero-order chi connectivity index (χ0) is 27.3. The molecule has 1 aromatic carbocycles. The van der Waals surface area contributed by atoms with Crippen LogP contribution in [0.25, 0.3) is 0 Å². The van der Waals surface area contributed by atoms with Gasteiger partial charge in [-0.15, -0.1) is 0 Å². The minimum absolute atomic E-state index is 0.0257. The van der Waals surface area contributed by atoms with Gasteiger partial charge in [0.15, 0.2) is 5.78 Å². The molecule has 1 fully saturated rings. The molecule has 0 radical (unpaired) electrons. The third kappa shape index (κ3) is 6.17. The summed E-state index contributed by atoms with van der Waals surface area (Å²) in [5.41, 5.74) is -1.82. The van der Waals surface area contributed by atoms with E-state index in [9.17, 15) is 27.6 Å². The van der Waals surface area contributed by atoms with E-state index in [4.69, 9.17) is 9.47 Å². The van der Waals surface area contributed by atoms with Crippen molar-refractivity contribution in [2.75, 3.05) is 25.6 Å². The van der Waals surface area contributed by atoms with Crippen LogP contribution in [-0.4, -0.2) is 47.2 Å². The molecule has 2 aromatic heterocycles. The van der Waals surface area contributed by atoms with Crippen LogP contribution < -0.4 is 20.9 Å². The Kier molecular flexibility index (Phi) is 7.76. The molecule has 1 amide bonds. The molecule has 0 saturated carbocycles. The maximum atomic E-state index is 13.5. The van der Waals surface area contributed by atoms with Crippen LogP contribution in [-0.2, 0) is 22.3 Å². The molecule has 1 saturated heterocycles. The molecule has 3 aromatic rings. The molecule has 4 rings (SSSR count). The third-order valence-electron chi connectivity index (χ3n) is 6.14. The van der Waals surface area contributed by atoms with E-state index in [0.717, 1.165) is 12.1 Å². The van der Waals surface area contributed by atoms with Gasteiger partial charge < -0.3 is 20.1 Å². The number of nitrogens with zero attached hydrogens (tertiary/aromatic N) is 2. The number of anilines is 2. The molecule has 0 spiro atoms. The normalized spacial score (nSPS) is 17.2. The Morgan fingerprint density at radius 3 is 2.63 bits per heavy atom. The molecule has 13 heteroatoms. The highest BCUT2D eigenvalue weighted by atomic mass is 19.4. The molecule has 200 valence electrons. The largest absolute Gasteiger partial charge is 0.497 e. The number of hydrogen-bond acceptors (Lipinski definition) is 8. The lowest BCUT2D eigenvalue weighted by molar-refractivity contribution is -0.137. The van der Waals surface area contributed by atoms with Crippen molar-refractivity contribution in [3.63, 3.8) is 0 Å². The summed E-state index contributed by atoms with van der Waals surface area (Å²) in [5, 5.41) is 11.3. The Balaban J connectivity index is 1.41. The van der Waals surface area contributed by atoms with Crippen LogP contribution in [0, 0.1) is 5.41 Å². The summed E-state index contributed by atoms with van der Waals surface area (Å²) in [4.78, 5) is 41.5. The highest BCUT2D eigenvalue weighted by molar-refractivity contribution is 5.99. The summed E-state index contributed by atoms with van der Waals surface area (Å²) in [6.45, 7) is 0.372. The molecule has 1 aliphatic heterocycles. The molecule has 10 nitrogen and oxygen atoms in total. The Bertz CT molecular complexity index is 1370. The van der Waals surface area contributed by atoms with Crippen molar-refractivity contribution in [2.45, 2.75) is 25.6 Å². The number of ether oxygens (including phenoxy) is 2. The monoisotopic (exact) mass is 531 g/mol. The van der Waals surface area contributed by atoms with E-state index in [1.165, 1.54) is 37.7 Å². The number of methoxy groups -OCH3 is 1. The fourth-order valence-electron chi connectivity index (χ4n) is 4.05. The molecule has 1 aliphatic rings. The van der Waals surface area contributed by atoms with E-state index in [2.05, 4.69) is 25.8 Å². The maximum Gasteiger partial charge on any atom is 0.418 e. The number of aromatic nitrogens is 3. The van der Waals surface area contributed by atoms with Crippen LogP contribution in [0.3, 0.4) is 0 Å². The summed E-state index contributed by atoms with van der Waals surface area (Å²) in [6, 6.07) is 7.80. The summed E-state index contributed by atoms with van der Waals surface area (Å²) in [5.74, 6) is -0.735. The van der Waals surface area contributed by atoms with Gasteiger partial charge in [-0.05, 0) is 36.8 Å². The second-order valence-corrected chi connectivity index (χ2v) is 8.77. The fraction of sp³-hybridized carbons (Fsp3) is 0.320. The van der Waals surface area contributed by atoms with Crippen molar-refractivity contribution < 1.29 is 32.2 Å². The predicted molar refractivity (Wildman–Crippen MR) is 129 cm³/mol. The van der Waals surface area contributed by atoms with Crippen molar-refractivity contribution in [3.05, 3.63) is 76.0 Å². The molecule has 1 atom stereocenters. The van der Waals surface area contributed by atoms with Crippen molar-refractivity contribution in [1.82, 2.24) is 20.5 Å². The van der Waals surface area contributed by atoms with Crippen LogP contribution in [0.4, 0.5) is 24.5 Å². The molecule has 3 N–H and O–H groups in total. The molecule has 3 heterocycles. The fourth-order valence-corrected chi connectivity index (χ4v) is 4.05. The lowest BCUT2D eigenvalue weighted by Crippen LogP contribution is -2.43. The van der Waals surface area contributed by atoms with Gasteiger partial charge in [-0.1, -0.05) is 0 Å². The standard InChI is InChI=1S/C25H24F3N5O5/c1-37-18-4-5-20(19(9-18)25(26,27)28)32-17-3-2-16(29-13-17)12-30-23(36)24(6-7-38-14-24)10-21(34)15-8-22(35)33-31-11-15/h2-5,8-9,11,13,32H,6-7,10,12,14H2,1H3,(H,30,36)(H,33,35)/t24-/m0/s1. The highest BCUT2D eigenvalue weighted by Gasteiger charge is 2.44. The Morgan fingerprint density at radius 2 is 2.00 bits per heavy atom.